The van der Waals surface area contributed by atoms with Crippen LogP contribution in [0.1, 0.15) is 30.9 Å². The van der Waals surface area contributed by atoms with Crippen LogP contribution in [-0.4, -0.2) is 12.5 Å². The van der Waals surface area contributed by atoms with Crippen LogP contribution in [0.25, 0.3) is 0 Å². The van der Waals surface area contributed by atoms with Crippen molar-refractivity contribution in [3.05, 3.63) is 57.0 Å². The van der Waals surface area contributed by atoms with E-state index in [1.54, 1.807) is 24.3 Å². The Morgan fingerprint density at radius 2 is 1.91 bits per heavy atom. The molecule has 0 unspecified atom stereocenters. The topological polar surface area (TPSA) is 38.3 Å². The molecule has 122 valence electrons. The van der Waals surface area contributed by atoms with Crippen LogP contribution in [0, 0.1) is 6.92 Å². The molecule has 0 aliphatic carbocycles. The molecule has 0 radical (unpaired) electrons. The fourth-order valence-electron chi connectivity index (χ4n) is 2.12. The highest BCUT2D eigenvalue weighted by molar-refractivity contribution is 9.10. The Hall–Kier alpha value is -1.52. The van der Waals surface area contributed by atoms with E-state index in [9.17, 15) is 4.79 Å². The first-order valence-corrected chi connectivity index (χ1v) is 8.52. The molecule has 1 amide bonds. The largest absolute Gasteiger partial charge is 0.483 e. The number of hydrogen-bond acceptors (Lipinski definition) is 2. The normalized spacial score (nSPS) is 10.7. The van der Waals surface area contributed by atoms with E-state index < -0.39 is 0 Å². The Kier molecular flexibility index (Phi) is 6.08. The lowest BCUT2D eigenvalue weighted by Crippen LogP contribution is -2.20. The average molecular weight is 397 g/mol. The van der Waals surface area contributed by atoms with Crippen LogP contribution >= 0.6 is 27.5 Å². The van der Waals surface area contributed by atoms with Crippen molar-refractivity contribution < 1.29 is 9.53 Å². The molecule has 5 heteroatoms. The predicted molar refractivity (Wildman–Crippen MR) is 98.5 cm³/mol. The third kappa shape index (κ3) is 4.98. The van der Waals surface area contributed by atoms with Crippen molar-refractivity contribution in [1.29, 1.82) is 0 Å². The molecule has 0 heterocycles. The molecule has 0 atom stereocenters. The number of anilines is 1. The molecule has 2 rings (SSSR count). The quantitative estimate of drug-likeness (QED) is 0.719. The molecule has 0 aromatic heterocycles. The van der Waals surface area contributed by atoms with Gasteiger partial charge in [-0.1, -0.05) is 41.4 Å². The van der Waals surface area contributed by atoms with Gasteiger partial charge in [0.1, 0.15) is 5.75 Å². The maximum Gasteiger partial charge on any atom is 0.262 e. The maximum absolute atomic E-state index is 12.0. The van der Waals surface area contributed by atoms with E-state index in [0.29, 0.717) is 16.6 Å². The van der Waals surface area contributed by atoms with E-state index in [-0.39, 0.29) is 12.5 Å². The summed E-state index contributed by atoms with van der Waals surface area (Å²) in [4.78, 5) is 12.0. The van der Waals surface area contributed by atoms with Gasteiger partial charge in [-0.25, -0.2) is 0 Å². The van der Waals surface area contributed by atoms with Crippen LogP contribution in [-0.2, 0) is 4.79 Å². The zero-order chi connectivity index (χ0) is 17.0. The lowest BCUT2D eigenvalue weighted by atomic mass is 10.0. The minimum Gasteiger partial charge on any atom is -0.483 e. The Labute approximate surface area is 150 Å². The SMILES string of the molecule is Cc1cc(OCC(=O)Nc2ccc(Cl)cc2)c(C(C)C)cc1Br. The Balaban J connectivity index is 2.04. The lowest BCUT2D eigenvalue weighted by Gasteiger charge is -2.16. The standard InChI is InChI=1S/C18H19BrClNO2/c1-11(2)15-9-16(19)12(3)8-17(15)23-10-18(22)21-14-6-4-13(20)5-7-14/h4-9,11H,10H2,1-3H3,(H,21,22). The summed E-state index contributed by atoms with van der Waals surface area (Å²) in [5.74, 6) is 0.843. The zero-order valence-electron chi connectivity index (χ0n) is 13.3. The van der Waals surface area contributed by atoms with Crippen LogP contribution in [0.15, 0.2) is 40.9 Å². The molecule has 0 fully saturated rings. The van der Waals surface area contributed by atoms with Gasteiger partial charge in [0.05, 0.1) is 0 Å². The summed E-state index contributed by atoms with van der Waals surface area (Å²) in [5.41, 5.74) is 2.84. The van der Waals surface area contributed by atoms with Gasteiger partial charge < -0.3 is 10.1 Å². The molecule has 0 aliphatic heterocycles. The number of amides is 1. The Morgan fingerprint density at radius 1 is 1.26 bits per heavy atom. The molecule has 1 N–H and O–H groups in total. The van der Waals surface area contributed by atoms with Crippen molar-refractivity contribution in [2.75, 3.05) is 11.9 Å². The molecule has 2 aromatic carbocycles. The van der Waals surface area contributed by atoms with Crippen molar-refractivity contribution in [2.24, 2.45) is 0 Å². The van der Waals surface area contributed by atoms with Crippen molar-refractivity contribution in [2.45, 2.75) is 26.7 Å². The number of halogens is 2. The number of ether oxygens (including phenoxy) is 1. The summed E-state index contributed by atoms with van der Waals surface area (Å²) in [5, 5.41) is 3.41. The molecular formula is C18H19BrClNO2. The number of carbonyl (C=O) groups is 1. The van der Waals surface area contributed by atoms with E-state index in [0.717, 1.165) is 21.3 Å². The minimum atomic E-state index is -0.206. The number of rotatable bonds is 5. The van der Waals surface area contributed by atoms with E-state index in [4.69, 9.17) is 16.3 Å². The van der Waals surface area contributed by atoms with E-state index in [1.165, 1.54) is 0 Å². The first-order valence-electron chi connectivity index (χ1n) is 7.35. The molecular weight excluding hydrogens is 378 g/mol. The minimum absolute atomic E-state index is 0.0383. The summed E-state index contributed by atoms with van der Waals surface area (Å²) >= 11 is 9.36. The van der Waals surface area contributed by atoms with E-state index in [2.05, 4.69) is 35.1 Å². The fraction of sp³-hybridized carbons (Fsp3) is 0.278. The van der Waals surface area contributed by atoms with E-state index >= 15 is 0 Å². The summed E-state index contributed by atoms with van der Waals surface area (Å²) in [6.07, 6.45) is 0. The van der Waals surface area contributed by atoms with Gasteiger partial charge in [0.15, 0.2) is 6.61 Å². The number of aryl methyl sites for hydroxylation is 1. The van der Waals surface area contributed by atoms with Crippen molar-refractivity contribution in [3.63, 3.8) is 0 Å². The lowest BCUT2D eigenvalue weighted by molar-refractivity contribution is -0.118. The molecule has 0 saturated carbocycles. The summed E-state index contributed by atoms with van der Waals surface area (Å²) < 4.78 is 6.77. The van der Waals surface area contributed by atoms with Crippen molar-refractivity contribution in [1.82, 2.24) is 0 Å². The van der Waals surface area contributed by atoms with Gasteiger partial charge in [-0.05, 0) is 60.4 Å². The number of hydrogen-bond donors (Lipinski definition) is 1. The monoisotopic (exact) mass is 395 g/mol. The first kappa shape index (κ1) is 17.8. The Morgan fingerprint density at radius 3 is 2.52 bits per heavy atom. The molecule has 0 saturated heterocycles. The fourth-order valence-corrected chi connectivity index (χ4v) is 2.61. The second-order valence-electron chi connectivity index (χ2n) is 5.64. The highest BCUT2D eigenvalue weighted by Gasteiger charge is 2.12. The van der Waals surface area contributed by atoms with Gasteiger partial charge in [-0.2, -0.15) is 0 Å². The molecule has 0 bridgehead atoms. The third-order valence-electron chi connectivity index (χ3n) is 3.40. The van der Waals surface area contributed by atoms with Crippen LogP contribution in [0.2, 0.25) is 5.02 Å². The van der Waals surface area contributed by atoms with Crippen molar-refractivity contribution in [3.8, 4) is 5.75 Å². The summed E-state index contributed by atoms with van der Waals surface area (Å²) in [7, 11) is 0. The first-order chi connectivity index (χ1) is 10.9. The number of benzene rings is 2. The van der Waals surface area contributed by atoms with Gasteiger partial charge in [0.25, 0.3) is 5.91 Å². The number of nitrogens with one attached hydrogen (secondary N) is 1. The molecule has 2 aromatic rings. The zero-order valence-corrected chi connectivity index (χ0v) is 15.7. The third-order valence-corrected chi connectivity index (χ3v) is 4.51. The highest BCUT2D eigenvalue weighted by Crippen LogP contribution is 2.32. The predicted octanol–water partition coefficient (Wildman–Crippen LogP) is 5.55. The van der Waals surface area contributed by atoms with Crippen molar-refractivity contribution >= 4 is 39.1 Å². The molecule has 0 aliphatic rings. The van der Waals surface area contributed by atoms with Gasteiger partial charge in [-0.15, -0.1) is 0 Å². The second-order valence-corrected chi connectivity index (χ2v) is 6.93. The van der Waals surface area contributed by atoms with Crippen LogP contribution < -0.4 is 10.1 Å². The molecule has 3 nitrogen and oxygen atoms in total. The maximum atomic E-state index is 12.0. The van der Waals surface area contributed by atoms with E-state index in [1.807, 2.05) is 19.1 Å². The number of carbonyl (C=O) groups excluding carboxylic acids is 1. The Bertz CT molecular complexity index is 699. The van der Waals surface area contributed by atoms with Gasteiger partial charge in [0, 0.05) is 15.2 Å². The van der Waals surface area contributed by atoms with Gasteiger partial charge in [-0.3, -0.25) is 4.79 Å². The highest BCUT2D eigenvalue weighted by atomic mass is 79.9. The smallest absolute Gasteiger partial charge is 0.262 e. The van der Waals surface area contributed by atoms with Crippen LogP contribution in [0.4, 0.5) is 5.69 Å². The summed E-state index contributed by atoms with van der Waals surface area (Å²) in [6, 6.07) is 11.0. The second kappa shape index (κ2) is 7.84. The average Bonchev–Trinajstić information content (AvgIpc) is 2.50. The molecule has 0 spiro atoms. The van der Waals surface area contributed by atoms with Crippen LogP contribution in [0.3, 0.4) is 0 Å². The van der Waals surface area contributed by atoms with Gasteiger partial charge >= 0.3 is 0 Å². The summed E-state index contributed by atoms with van der Waals surface area (Å²) in [6.45, 7) is 6.15. The van der Waals surface area contributed by atoms with Gasteiger partial charge in [0.2, 0.25) is 0 Å². The molecule has 23 heavy (non-hydrogen) atoms. The van der Waals surface area contributed by atoms with Crippen LogP contribution in [0.5, 0.6) is 5.75 Å².